The van der Waals surface area contributed by atoms with Crippen LogP contribution in [0, 0.1) is 6.92 Å². The van der Waals surface area contributed by atoms with Gasteiger partial charge in [-0.1, -0.05) is 6.07 Å². The molecule has 4 nitrogen and oxygen atoms in total. The van der Waals surface area contributed by atoms with Gasteiger partial charge in [0, 0.05) is 25.1 Å². The summed E-state index contributed by atoms with van der Waals surface area (Å²) < 4.78 is 2.15. The molecule has 0 amide bonds. The highest BCUT2D eigenvalue weighted by atomic mass is 15.2. The van der Waals surface area contributed by atoms with E-state index in [0.717, 1.165) is 18.2 Å². The molecule has 1 unspecified atom stereocenters. The third kappa shape index (κ3) is 2.46. The van der Waals surface area contributed by atoms with Crippen molar-refractivity contribution < 1.29 is 0 Å². The highest BCUT2D eigenvalue weighted by molar-refractivity contribution is 5.31. The topological polar surface area (TPSA) is 42.7 Å². The molecule has 0 aliphatic carbocycles. The highest BCUT2D eigenvalue weighted by Gasteiger charge is 2.12. The number of hydrogen-bond donors (Lipinski definition) is 1. The van der Waals surface area contributed by atoms with Crippen molar-refractivity contribution >= 4 is 5.95 Å². The van der Waals surface area contributed by atoms with E-state index in [9.17, 15) is 0 Å². The van der Waals surface area contributed by atoms with Gasteiger partial charge in [-0.25, -0.2) is 4.98 Å². The molecule has 2 rings (SSSR count). The molecule has 0 radical (unpaired) electrons. The third-order valence-corrected chi connectivity index (χ3v) is 2.77. The molecule has 4 heteroatoms. The van der Waals surface area contributed by atoms with Gasteiger partial charge in [0.15, 0.2) is 0 Å². The molecule has 0 aliphatic rings. The minimum absolute atomic E-state index is 0.235. The third-order valence-electron chi connectivity index (χ3n) is 2.77. The highest BCUT2D eigenvalue weighted by Crippen LogP contribution is 2.21. The Hall–Kier alpha value is -1.84. The van der Waals surface area contributed by atoms with Crippen molar-refractivity contribution in [2.75, 3.05) is 11.9 Å². The van der Waals surface area contributed by atoms with Crippen molar-refractivity contribution in [1.82, 2.24) is 14.5 Å². The second-order valence-electron chi connectivity index (χ2n) is 4.11. The molecule has 2 aromatic heterocycles. The van der Waals surface area contributed by atoms with Crippen LogP contribution in [-0.2, 0) is 0 Å². The number of nitrogens with one attached hydrogen (secondary N) is 1. The summed E-state index contributed by atoms with van der Waals surface area (Å²) in [5.41, 5.74) is 2.21. The molecule has 0 saturated heterocycles. The predicted octanol–water partition coefficient (Wildman–Crippen LogP) is 2.63. The second-order valence-corrected chi connectivity index (χ2v) is 4.11. The van der Waals surface area contributed by atoms with Crippen LogP contribution in [0.4, 0.5) is 5.95 Å². The first-order valence-corrected chi connectivity index (χ1v) is 5.91. The van der Waals surface area contributed by atoms with Crippen LogP contribution in [0.25, 0.3) is 0 Å². The van der Waals surface area contributed by atoms with Crippen molar-refractivity contribution in [3.8, 4) is 0 Å². The number of hydrogen-bond acceptors (Lipinski definition) is 3. The minimum Gasteiger partial charge on any atom is -0.356 e. The molecule has 0 saturated carbocycles. The fraction of sp³-hybridized carbons (Fsp3) is 0.385. The summed E-state index contributed by atoms with van der Waals surface area (Å²) in [7, 11) is 0. The van der Waals surface area contributed by atoms with E-state index >= 15 is 0 Å². The average Bonchev–Trinajstić information content (AvgIpc) is 2.71. The van der Waals surface area contributed by atoms with E-state index in [2.05, 4.69) is 46.0 Å². The number of aryl methyl sites for hydroxylation is 1. The number of aromatic nitrogens is 3. The molecule has 1 N–H and O–H groups in total. The van der Waals surface area contributed by atoms with Crippen molar-refractivity contribution in [1.29, 1.82) is 0 Å². The monoisotopic (exact) mass is 230 g/mol. The van der Waals surface area contributed by atoms with E-state index < -0.39 is 0 Å². The quantitative estimate of drug-likeness (QED) is 0.878. The van der Waals surface area contributed by atoms with Gasteiger partial charge in [0.05, 0.1) is 11.7 Å². The Balaban J connectivity index is 2.33. The SMILES string of the molecule is CCNc1nc(C)cn1C(C)c1cccnc1. The van der Waals surface area contributed by atoms with E-state index in [1.165, 1.54) is 5.56 Å². The number of nitrogens with zero attached hydrogens (tertiary/aromatic N) is 3. The Morgan fingerprint density at radius 3 is 2.94 bits per heavy atom. The van der Waals surface area contributed by atoms with E-state index in [-0.39, 0.29) is 6.04 Å². The molecule has 0 aliphatic heterocycles. The number of rotatable bonds is 4. The van der Waals surface area contributed by atoms with Crippen LogP contribution < -0.4 is 5.32 Å². The summed E-state index contributed by atoms with van der Waals surface area (Å²) in [6, 6.07) is 4.28. The zero-order valence-corrected chi connectivity index (χ0v) is 10.5. The summed E-state index contributed by atoms with van der Waals surface area (Å²) in [6.07, 6.45) is 5.76. The Morgan fingerprint density at radius 2 is 2.29 bits per heavy atom. The maximum atomic E-state index is 4.48. The molecular formula is C13H18N4. The van der Waals surface area contributed by atoms with E-state index in [0.29, 0.717) is 0 Å². The maximum absolute atomic E-state index is 4.48. The van der Waals surface area contributed by atoms with Crippen molar-refractivity contribution in [2.45, 2.75) is 26.8 Å². The number of pyridine rings is 1. The number of anilines is 1. The lowest BCUT2D eigenvalue weighted by Gasteiger charge is -2.16. The van der Waals surface area contributed by atoms with Gasteiger partial charge in [0.25, 0.3) is 0 Å². The first kappa shape index (κ1) is 11.6. The van der Waals surface area contributed by atoms with Crippen molar-refractivity contribution in [3.05, 3.63) is 42.0 Å². The molecular weight excluding hydrogens is 212 g/mol. The van der Waals surface area contributed by atoms with E-state index in [1.807, 2.05) is 19.2 Å². The van der Waals surface area contributed by atoms with Crippen LogP contribution in [0.1, 0.15) is 31.1 Å². The van der Waals surface area contributed by atoms with Gasteiger partial charge < -0.3 is 9.88 Å². The van der Waals surface area contributed by atoms with Gasteiger partial charge in [-0.2, -0.15) is 0 Å². The Kier molecular flexibility index (Phi) is 3.42. The van der Waals surface area contributed by atoms with Crippen LogP contribution in [0.2, 0.25) is 0 Å². The molecule has 0 bridgehead atoms. The van der Waals surface area contributed by atoms with Gasteiger partial charge in [0.2, 0.25) is 5.95 Å². The molecule has 2 heterocycles. The van der Waals surface area contributed by atoms with Crippen molar-refractivity contribution in [3.63, 3.8) is 0 Å². The van der Waals surface area contributed by atoms with Crippen LogP contribution >= 0.6 is 0 Å². The van der Waals surface area contributed by atoms with Crippen LogP contribution in [0.3, 0.4) is 0 Å². The van der Waals surface area contributed by atoms with Gasteiger partial charge in [-0.3, -0.25) is 4.98 Å². The maximum Gasteiger partial charge on any atom is 0.203 e. The van der Waals surface area contributed by atoms with Gasteiger partial charge in [-0.05, 0) is 32.4 Å². The lowest BCUT2D eigenvalue weighted by atomic mass is 10.1. The molecule has 17 heavy (non-hydrogen) atoms. The molecule has 1 atom stereocenters. The summed E-state index contributed by atoms with van der Waals surface area (Å²) in [5, 5.41) is 3.28. The summed E-state index contributed by atoms with van der Waals surface area (Å²) in [6.45, 7) is 7.10. The summed E-state index contributed by atoms with van der Waals surface area (Å²) >= 11 is 0. The fourth-order valence-electron chi connectivity index (χ4n) is 1.88. The molecule has 0 spiro atoms. The molecule has 0 fully saturated rings. The molecule has 2 aromatic rings. The molecule has 0 aromatic carbocycles. The van der Waals surface area contributed by atoms with Crippen molar-refractivity contribution in [2.24, 2.45) is 0 Å². The fourth-order valence-corrected chi connectivity index (χ4v) is 1.88. The molecule has 90 valence electrons. The zero-order valence-electron chi connectivity index (χ0n) is 10.5. The minimum atomic E-state index is 0.235. The number of imidazole rings is 1. The van der Waals surface area contributed by atoms with Gasteiger partial charge >= 0.3 is 0 Å². The van der Waals surface area contributed by atoms with E-state index in [4.69, 9.17) is 0 Å². The average molecular weight is 230 g/mol. The largest absolute Gasteiger partial charge is 0.356 e. The normalized spacial score (nSPS) is 12.4. The van der Waals surface area contributed by atoms with Crippen LogP contribution in [-0.4, -0.2) is 21.1 Å². The first-order chi connectivity index (χ1) is 8.22. The lowest BCUT2D eigenvalue weighted by Crippen LogP contribution is -2.11. The Bertz CT molecular complexity index is 475. The standard InChI is InChI=1S/C13H18N4/c1-4-15-13-16-10(2)9-17(13)11(3)12-6-5-7-14-8-12/h5-9,11H,4H2,1-3H3,(H,15,16). The van der Waals surface area contributed by atoms with Crippen LogP contribution in [0.5, 0.6) is 0 Å². The summed E-state index contributed by atoms with van der Waals surface area (Å²) in [4.78, 5) is 8.64. The summed E-state index contributed by atoms with van der Waals surface area (Å²) in [5.74, 6) is 0.918. The lowest BCUT2D eigenvalue weighted by molar-refractivity contribution is 0.641. The predicted molar refractivity (Wildman–Crippen MR) is 69.2 cm³/mol. The smallest absolute Gasteiger partial charge is 0.203 e. The Morgan fingerprint density at radius 1 is 1.47 bits per heavy atom. The first-order valence-electron chi connectivity index (χ1n) is 5.91. The zero-order chi connectivity index (χ0) is 12.3. The van der Waals surface area contributed by atoms with Crippen LogP contribution in [0.15, 0.2) is 30.7 Å². The van der Waals surface area contributed by atoms with E-state index in [1.54, 1.807) is 6.20 Å². The van der Waals surface area contributed by atoms with Gasteiger partial charge in [0.1, 0.15) is 0 Å². The second kappa shape index (κ2) is 4.99. The Labute approximate surface area is 102 Å². The van der Waals surface area contributed by atoms with Gasteiger partial charge in [-0.15, -0.1) is 0 Å².